The smallest absolute Gasteiger partial charge is 0.122 e. The van der Waals surface area contributed by atoms with E-state index in [9.17, 15) is 0 Å². The lowest BCUT2D eigenvalue weighted by atomic mass is 10.0. The van der Waals surface area contributed by atoms with Gasteiger partial charge in [0.1, 0.15) is 5.75 Å². The van der Waals surface area contributed by atoms with Gasteiger partial charge in [-0.25, -0.2) is 0 Å². The Morgan fingerprint density at radius 3 is 3.06 bits per heavy atom. The zero-order chi connectivity index (χ0) is 12.1. The molecule has 0 saturated heterocycles. The molecule has 0 amide bonds. The molecule has 2 nitrogen and oxygen atoms in total. The van der Waals surface area contributed by atoms with Gasteiger partial charge in [0.2, 0.25) is 0 Å². The predicted molar refractivity (Wildman–Crippen MR) is 71.7 cm³/mol. The number of ether oxygens (including phenoxy) is 1. The maximum absolute atomic E-state index is 5.49. The maximum Gasteiger partial charge on any atom is 0.122 e. The van der Waals surface area contributed by atoms with Crippen molar-refractivity contribution in [2.24, 2.45) is 0 Å². The Morgan fingerprint density at radius 2 is 2.29 bits per heavy atom. The van der Waals surface area contributed by atoms with Crippen molar-refractivity contribution < 1.29 is 4.74 Å². The molecule has 2 rings (SSSR count). The number of benzene rings is 1. The third-order valence-electron chi connectivity index (χ3n) is 3.58. The van der Waals surface area contributed by atoms with Gasteiger partial charge in [-0.3, -0.25) is 0 Å². The minimum Gasteiger partial charge on any atom is -0.496 e. The average molecular weight is 233 g/mol. The summed E-state index contributed by atoms with van der Waals surface area (Å²) in [5, 5.41) is 3.65. The Bertz CT molecular complexity index is 360. The van der Waals surface area contributed by atoms with Crippen LogP contribution in [0.5, 0.6) is 5.75 Å². The number of nitrogens with one attached hydrogen (secondary N) is 1. The van der Waals surface area contributed by atoms with E-state index in [-0.39, 0.29) is 0 Å². The van der Waals surface area contributed by atoms with Crippen LogP contribution < -0.4 is 10.1 Å². The largest absolute Gasteiger partial charge is 0.496 e. The minimum atomic E-state index is 0.618. The van der Waals surface area contributed by atoms with Gasteiger partial charge in [0.05, 0.1) is 7.11 Å². The van der Waals surface area contributed by atoms with Crippen molar-refractivity contribution in [1.29, 1.82) is 0 Å². The first kappa shape index (κ1) is 12.4. The van der Waals surface area contributed by atoms with E-state index in [0.717, 1.165) is 18.7 Å². The highest BCUT2D eigenvalue weighted by Crippen LogP contribution is 2.28. The number of methoxy groups -OCH3 is 1. The number of fused-ring (bicyclic) bond motifs is 1. The van der Waals surface area contributed by atoms with Crippen LogP contribution in [0.4, 0.5) is 0 Å². The summed E-state index contributed by atoms with van der Waals surface area (Å²) in [6.45, 7) is 3.34. The van der Waals surface area contributed by atoms with Crippen LogP contribution in [0.15, 0.2) is 18.2 Å². The fourth-order valence-electron chi connectivity index (χ4n) is 2.68. The Balaban J connectivity index is 2.16. The first-order valence-corrected chi connectivity index (χ1v) is 6.73. The van der Waals surface area contributed by atoms with Gasteiger partial charge in [0.25, 0.3) is 0 Å². The lowest BCUT2D eigenvalue weighted by molar-refractivity contribution is 0.403. The van der Waals surface area contributed by atoms with Crippen molar-refractivity contribution in [2.45, 2.75) is 45.1 Å². The number of aryl methyl sites for hydroxylation is 1. The van der Waals surface area contributed by atoms with Crippen LogP contribution in [0, 0.1) is 0 Å². The fourth-order valence-corrected chi connectivity index (χ4v) is 2.68. The summed E-state index contributed by atoms with van der Waals surface area (Å²) in [6, 6.07) is 7.06. The highest BCUT2D eigenvalue weighted by molar-refractivity contribution is 5.41. The number of hydrogen-bond acceptors (Lipinski definition) is 2. The van der Waals surface area contributed by atoms with E-state index in [0.29, 0.717) is 6.04 Å². The van der Waals surface area contributed by atoms with Crippen molar-refractivity contribution in [1.82, 2.24) is 5.32 Å². The third-order valence-corrected chi connectivity index (χ3v) is 3.58. The topological polar surface area (TPSA) is 21.3 Å². The highest BCUT2D eigenvalue weighted by Gasteiger charge is 2.18. The van der Waals surface area contributed by atoms with Gasteiger partial charge in [0.15, 0.2) is 0 Å². The Morgan fingerprint density at radius 1 is 1.41 bits per heavy atom. The van der Waals surface area contributed by atoms with Crippen molar-refractivity contribution in [3.8, 4) is 5.75 Å². The summed E-state index contributed by atoms with van der Waals surface area (Å²) < 4.78 is 5.49. The monoisotopic (exact) mass is 233 g/mol. The molecular weight excluding hydrogens is 210 g/mol. The van der Waals surface area contributed by atoms with E-state index in [2.05, 4.69) is 30.4 Å². The molecule has 17 heavy (non-hydrogen) atoms. The lowest BCUT2D eigenvalue weighted by Gasteiger charge is -2.18. The van der Waals surface area contributed by atoms with Gasteiger partial charge in [-0.15, -0.1) is 0 Å². The second kappa shape index (κ2) is 6.06. The fraction of sp³-hybridized carbons (Fsp3) is 0.600. The molecule has 0 radical (unpaired) electrons. The molecule has 0 saturated carbocycles. The zero-order valence-electron chi connectivity index (χ0n) is 11.0. The van der Waals surface area contributed by atoms with E-state index < -0.39 is 0 Å². The normalized spacial score (nSPS) is 19.5. The predicted octanol–water partition coefficient (Wildman–Crippen LogP) is 2.94. The van der Waals surface area contributed by atoms with E-state index in [4.69, 9.17) is 4.74 Å². The average Bonchev–Trinajstić information content (AvgIpc) is 2.57. The molecular formula is C15H23NO. The highest BCUT2D eigenvalue weighted by atomic mass is 16.5. The molecule has 0 fully saturated rings. The summed E-state index contributed by atoms with van der Waals surface area (Å²) in [5.41, 5.74) is 2.89. The molecule has 1 aromatic carbocycles. The summed E-state index contributed by atoms with van der Waals surface area (Å²) in [7, 11) is 1.77. The van der Waals surface area contributed by atoms with Crippen molar-refractivity contribution in [3.05, 3.63) is 29.3 Å². The Hall–Kier alpha value is -1.02. The molecule has 0 heterocycles. The summed E-state index contributed by atoms with van der Waals surface area (Å²) in [6.07, 6.45) is 6.06. The molecule has 2 heteroatoms. The first-order valence-electron chi connectivity index (χ1n) is 6.73. The molecule has 1 aliphatic carbocycles. The van der Waals surface area contributed by atoms with Gasteiger partial charge < -0.3 is 10.1 Å². The second-order valence-corrected chi connectivity index (χ2v) is 4.85. The van der Waals surface area contributed by atoms with Crippen LogP contribution >= 0.6 is 0 Å². The second-order valence-electron chi connectivity index (χ2n) is 4.85. The van der Waals surface area contributed by atoms with Gasteiger partial charge in [0, 0.05) is 6.04 Å². The van der Waals surface area contributed by atoms with E-state index in [1.165, 1.54) is 36.8 Å². The minimum absolute atomic E-state index is 0.618. The summed E-state index contributed by atoms with van der Waals surface area (Å²) in [4.78, 5) is 0. The van der Waals surface area contributed by atoms with Crippen LogP contribution in [-0.2, 0) is 12.8 Å². The lowest BCUT2D eigenvalue weighted by Crippen LogP contribution is -2.31. The van der Waals surface area contributed by atoms with Crippen LogP contribution in [0.25, 0.3) is 0 Å². The molecule has 94 valence electrons. The number of rotatable bonds is 4. The maximum atomic E-state index is 5.49. The molecule has 1 atom stereocenters. The van der Waals surface area contributed by atoms with Crippen LogP contribution in [0.1, 0.15) is 37.3 Å². The first-order chi connectivity index (χ1) is 8.35. The van der Waals surface area contributed by atoms with Gasteiger partial charge >= 0.3 is 0 Å². The SMILES string of the molecule is CCCN[C@H]1CCCc2cccc(OC)c2C1. The van der Waals surface area contributed by atoms with E-state index in [1.807, 2.05) is 0 Å². The molecule has 0 unspecified atom stereocenters. The molecule has 0 spiro atoms. The van der Waals surface area contributed by atoms with Crippen molar-refractivity contribution in [2.75, 3.05) is 13.7 Å². The quantitative estimate of drug-likeness (QED) is 0.807. The van der Waals surface area contributed by atoms with Crippen LogP contribution in [0.2, 0.25) is 0 Å². The standard InChI is InChI=1S/C15H23NO/c1-3-10-16-13-8-4-6-12-7-5-9-15(17-2)14(12)11-13/h5,7,9,13,16H,3-4,6,8,10-11H2,1-2H3/t13-/m0/s1. The zero-order valence-corrected chi connectivity index (χ0v) is 11.0. The van der Waals surface area contributed by atoms with Crippen LogP contribution in [0.3, 0.4) is 0 Å². The molecule has 1 aliphatic rings. The molecule has 0 aliphatic heterocycles. The van der Waals surface area contributed by atoms with Gasteiger partial charge in [-0.1, -0.05) is 19.1 Å². The summed E-state index contributed by atoms with van der Waals surface area (Å²) in [5.74, 6) is 1.06. The van der Waals surface area contributed by atoms with Gasteiger partial charge in [-0.2, -0.15) is 0 Å². The van der Waals surface area contributed by atoms with Crippen LogP contribution in [-0.4, -0.2) is 19.7 Å². The van der Waals surface area contributed by atoms with E-state index in [1.54, 1.807) is 7.11 Å². The molecule has 0 bridgehead atoms. The summed E-state index contributed by atoms with van der Waals surface area (Å²) >= 11 is 0. The molecule has 1 aromatic rings. The molecule has 1 N–H and O–H groups in total. The number of hydrogen-bond donors (Lipinski definition) is 1. The Labute approximate surface area is 104 Å². The van der Waals surface area contributed by atoms with E-state index >= 15 is 0 Å². The van der Waals surface area contributed by atoms with Crippen molar-refractivity contribution >= 4 is 0 Å². The molecule has 0 aromatic heterocycles. The van der Waals surface area contributed by atoms with Gasteiger partial charge in [-0.05, 0) is 55.8 Å². The third kappa shape index (κ3) is 3.01. The Kier molecular flexibility index (Phi) is 4.43. The van der Waals surface area contributed by atoms with Crippen molar-refractivity contribution in [3.63, 3.8) is 0 Å².